The molecule has 0 heterocycles. The zero-order valence-corrected chi connectivity index (χ0v) is 8.50. The summed E-state index contributed by atoms with van der Waals surface area (Å²) in [7, 11) is -4.06. The lowest BCUT2D eigenvalue weighted by atomic mass is 10.4. The van der Waals surface area contributed by atoms with Crippen LogP contribution in [0.15, 0.2) is 0 Å². The molecule has 78 valence electrons. The van der Waals surface area contributed by atoms with Gasteiger partial charge in [-0.1, -0.05) is 13.3 Å². The van der Waals surface area contributed by atoms with Gasteiger partial charge in [0, 0.05) is 0 Å². The van der Waals surface area contributed by atoms with E-state index < -0.39 is 19.7 Å². The van der Waals surface area contributed by atoms with Gasteiger partial charge in [-0.05, 0) is 6.42 Å². The monoisotopic (exact) mass is 210 g/mol. The van der Waals surface area contributed by atoms with Gasteiger partial charge in [-0.2, -0.15) is 0 Å². The third-order valence-electron chi connectivity index (χ3n) is 1.37. The number of hydrogen-bond donors (Lipinski definition) is 2. The van der Waals surface area contributed by atoms with E-state index in [9.17, 15) is 9.36 Å². The Morgan fingerprint density at radius 1 is 1.46 bits per heavy atom. The van der Waals surface area contributed by atoms with Crippen LogP contribution in [0.2, 0.25) is 0 Å². The Morgan fingerprint density at radius 2 is 2.08 bits per heavy atom. The highest BCUT2D eigenvalue weighted by atomic mass is 31.2. The third-order valence-corrected chi connectivity index (χ3v) is 2.17. The summed E-state index contributed by atoms with van der Waals surface area (Å²) in [6.45, 7) is 2.29. The summed E-state index contributed by atoms with van der Waals surface area (Å²) in [5.41, 5.74) is 0. The predicted octanol–water partition coefficient (Wildman–Crippen LogP) is 0.897. The van der Waals surface area contributed by atoms with E-state index in [4.69, 9.17) is 14.5 Å². The van der Waals surface area contributed by atoms with Crippen LogP contribution in [0.5, 0.6) is 0 Å². The first-order chi connectivity index (χ1) is 5.95. The van der Waals surface area contributed by atoms with Crippen LogP contribution in [0.1, 0.15) is 26.2 Å². The summed E-state index contributed by atoms with van der Waals surface area (Å²) in [5, 5.41) is 0. The average Bonchev–Trinajstić information content (AvgIpc) is 2.00. The van der Waals surface area contributed by atoms with Crippen LogP contribution < -0.4 is 0 Å². The van der Waals surface area contributed by atoms with E-state index in [2.05, 4.69) is 0 Å². The molecule has 0 unspecified atom stereocenters. The van der Waals surface area contributed by atoms with Gasteiger partial charge in [0.1, 0.15) is 0 Å². The van der Waals surface area contributed by atoms with Crippen LogP contribution in [0.4, 0.5) is 0 Å². The van der Waals surface area contributed by atoms with Gasteiger partial charge >= 0.3 is 13.6 Å². The minimum atomic E-state index is -4.06. The van der Waals surface area contributed by atoms with Crippen LogP contribution in [0.3, 0.4) is 0 Å². The Balaban J connectivity index is 3.47. The molecule has 0 saturated heterocycles. The molecular weight excluding hydrogens is 195 g/mol. The summed E-state index contributed by atoms with van der Waals surface area (Å²) in [5.74, 6) is -0.545. The first kappa shape index (κ1) is 12.6. The van der Waals surface area contributed by atoms with Crippen LogP contribution >= 0.6 is 7.60 Å². The predicted molar refractivity (Wildman–Crippen MR) is 47.4 cm³/mol. The van der Waals surface area contributed by atoms with Crippen molar-refractivity contribution in [2.75, 3.05) is 12.8 Å². The molecule has 0 bridgehead atoms. The molecule has 0 aromatic rings. The Kier molecular flexibility index (Phi) is 5.95. The van der Waals surface area contributed by atoms with Crippen molar-refractivity contribution in [3.63, 3.8) is 0 Å². The second-order valence-electron chi connectivity index (χ2n) is 2.71. The fourth-order valence-corrected chi connectivity index (χ4v) is 1.11. The van der Waals surface area contributed by atoms with Crippen molar-refractivity contribution in [2.45, 2.75) is 26.2 Å². The summed E-state index contributed by atoms with van der Waals surface area (Å²) in [6.07, 6.45) is 1.05. The Morgan fingerprint density at radius 3 is 2.54 bits per heavy atom. The number of ether oxygens (including phenoxy) is 1. The van der Waals surface area contributed by atoms with Crippen molar-refractivity contribution < 1.29 is 23.9 Å². The molecule has 0 saturated carbocycles. The number of hydrogen-bond acceptors (Lipinski definition) is 3. The zero-order chi connectivity index (χ0) is 10.3. The maximum absolute atomic E-state index is 10.8. The number of esters is 1. The maximum Gasteiger partial charge on any atom is 0.326 e. The third kappa shape index (κ3) is 9.53. The SMILES string of the molecule is CCCCOC(=O)CCP(=O)(O)O. The molecule has 0 aromatic carbocycles. The van der Waals surface area contributed by atoms with Crippen molar-refractivity contribution in [2.24, 2.45) is 0 Å². The van der Waals surface area contributed by atoms with Crippen molar-refractivity contribution in [1.29, 1.82) is 0 Å². The normalized spacial score (nSPS) is 11.3. The average molecular weight is 210 g/mol. The molecule has 0 radical (unpaired) electrons. The molecule has 0 rings (SSSR count). The van der Waals surface area contributed by atoms with Gasteiger partial charge in [-0.25, -0.2) is 0 Å². The second kappa shape index (κ2) is 6.13. The molecule has 0 aliphatic carbocycles. The summed E-state index contributed by atoms with van der Waals surface area (Å²) >= 11 is 0. The number of rotatable bonds is 6. The highest BCUT2D eigenvalue weighted by Gasteiger charge is 2.15. The molecule has 0 aromatic heterocycles. The molecular formula is C7H15O5P. The van der Waals surface area contributed by atoms with E-state index in [1.165, 1.54) is 0 Å². The number of unbranched alkanes of at least 4 members (excludes halogenated alkanes) is 1. The molecule has 2 N–H and O–H groups in total. The van der Waals surface area contributed by atoms with Gasteiger partial charge in [0.15, 0.2) is 0 Å². The van der Waals surface area contributed by atoms with Crippen LogP contribution in [0, 0.1) is 0 Å². The largest absolute Gasteiger partial charge is 0.466 e. The van der Waals surface area contributed by atoms with Crippen molar-refractivity contribution in [3.8, 4) is 0 Å². The Labute approximate surface area is 77.3 Å². The van der Waals surface area contributed by atoms with Crippen molar-refractivity contribution in [3.05, 3.63) is 0 Å². The van der Waals surface area contributed by atoms with Crippen molar-refractivity contribution in [1.82, 2.24) is 0 Å². The first-order valence-electron chi connectivity index (χ1n) is 4.16. The number of carbonyl (C=O) groups excluding carboxylic acids is 1. The van der Waals surface area contributed by atoms with Crippen molar-refractivity contribution >= 4 is 13.6 Å². The van der Waals surface area contributed by atoms with Gasteiger partial charge in [0.25, 0.3) is 0 Å². The Bertz CT molecular complexity index is 197. The number of carbonyl (C=O) groups is 1. The van der Waals surface area contributed by atoms with Gasteiger partial charge in [0.2, 0.25) is 0 Å². The fraction of sp³-hybridized carbons (Fsp3) is 0.857. The van der Waals surface area contributed by atoms with Gasteiger partial charge in [0.05, 0.1) is 19.2 Å². The van der Waals surface area contributed by atoms with Gasteiger partial charge < -0.3 is 14.5 Å². The quantitative estimate of drug-likeness (QED) is 0.386. The van der Waals surface area contributed by atoms with E-state index in [1.807, 2.05) is 6.92 Å². The molecule has 0 atom stereocenters. The standard InChI is InChI=1S/C7H15O5P/c1-2-3-5-12-7(8)4-6-13(9,10)11/h2-6H2,1H3,(H2,9,10,11). The topological polar surface area (TPSA) is 83.8 Å². The van der Waals surface area contributed by atoms with Gasteiger partial charge in [-0.3, -0.25) is 9.36 Å². The molecule has 5 nitrogen and oxygen atoms in total. The first-order valence-corrected chi connectivity index (χ1v) is 5.95. The summed E-state index contributed by atoms with van der Waals surface area (Å²) in [4.78, 5) is 27.7. The molecule has 6 heteroatoms. The summed E-state index contributed by atoms with van der Waals surface area (Å²) in [6, 6.07) is 0. The zero-order valence-electron chi connectivity index (χ0n) is 7.60. The molecule has 0 spiro atoms. The maximum atomic E-state index is 10.8. The minimum absolute atomic E-state index is 0.214. The lowest BCUT2D eigenvalue weighted by Gasteiger charge is -2.04. The van der Waals surface area contributed by atoms with E-state index in [1.54, 1.807) is 0 Å². The van der Waals surface area contributed by atoms with Crippen LogP contribution in [0.25, 0.3) is 0 Å². The lowest BCUT2D eigenvalue weighted by Crippen LogP contribution is -2.07. The molecule has 0 fully saturated rings. The van der Waals surface area contributed by atoms with Crippen LogP contribution in [-0.2, 0) is 14.1 Å². The smallest absolute Gasteiger partial charge is 0.326 e. The highest BCUT2D eigenvalue weighted by molar-refractivity contribution is 7.51. The highest BCUT2D eigenvalue weighted by Crippen LogP contribution is 2.34. The molecule has 0 aliphatic heterocycles. The van der Waals surface area contributed by atoms with E-state index in [0.717, 1.165) is 12.8 Å². The molecule has 13 heavy (non-hydrogen) atoms. The van der Waals surface area contributed by atoms with E-state index in [-0.39, 0.29) is 6.42 Å². The second-order valence-corrected chi connectivity index (χ2v) is 4.49. The Hall–Kier alpha value is -0.380. The lowest BCUT2D eigenvalue weighted by molar-refractivity contribution is -0.143. The van der Waals surface area contributed by atoms with Crippen LogP contribution in [-0.4, -0.2) is 28.5 Å². The minimum Gasteiger partial charge on any atom is -0.466 e. The summed E-state index contributed by atoms with van der Waals surface area (Å²) < 4.78 is 15.0. The van der Waals surface area contributed by atoms with E-state index >= 15 is 0 Å². The van der Waals surface area contributed by atoms with Gasteiger partial charge in [-0.15, -0.1) is 0 Å². The molecule has 0 amide bonds. The fourth-order valence-electron chi connectivity index (χ4n) is 0.639. The molecule has 0 aliphatic rings. The van der Waals surface area contributed by atoms with E-state index in [0.29, 0.717) is 6.61 Å².